The molecule has 0 radical (unpaired) electrons. The molecule has 110 valence electrons. The minimum atomic E-state index is -0.988. The Bertz CT molecular complexity index is 787. The van der Waals surface area contributed by atoms with Crippen molar-refractivity contribution in [2.45, 2.75) is 10.8 Å². The number of aromatic carboxylic acids is 1. The number of aromatic nitrogens is 2. The molecule has 0 bridgehead atoms. The molecule has 5 nitrogen and oxygen atoms in total. The average molecular weight is 312 g/mol. The molecule has 0 saturated carbocycles. The molecule has 0 fully saturated rings. The lowest BCUT2D eigenvalue weighted by molar-refractivity contribution is 0.0692. The Hall–Kier alpha value is -2.60. The number of hydrogen-bond donors (Lipinski definition) is 1. The fraction of sp³-hybridized carbons (Fsp3) is 0.0625. The van der Waals surface area contributed by atoms with Crippen LogP contribution in [0.25, 0.3) is 11.3 Å². The molecule has 3 rings (SSSR count). The molecule has 0 saturated heterocycles. The van der Waals surface area contributed by atoms with E-state index < -0.39 is 5.97 Å². The lowest BCUT2D eigenvalue weighted by Crippen LogP contribution is -2.00. The van der Waals surface area contributed by atoms with E-state index in [2.05, 4.69) is 10.1 Å². The van der Waals surface area contributed by atoms with Gasteiger partial charge in [-0.15, -0.1) is 0 Å². The number of nitrogens with zero attached hydrogens (tertiary/aromatic N) is 2. The Morgan fingerprint density at radius 3 is 2.77 bits per heavy atom. The van der Waals surface area contributed by atoms with Gasteiger partial charge in [-0.3, -0.25) is 0 Å². The second-order valence-electron chi connectivity index (χ2n) is 4.49. The Morgan fingerprint density at radius 2 is 2.00 bits per heavy atom. The highest BCUT2D eigenvalue weighted by atomic mass is 32.2. The minimum absolute atomic E-state index is 0.190. The van der Waals surface area contributed by atoms with Crippen LogP contribution in [0.2, 0.25) is 0 Å². The summed E-state index contributed by atoms with van der Waals surface area (Å²) in [7, 11) is 0. The highest BCUT2D eigenvalue weighted by Gasteiger charge is 2.13. The van der Waals surface area contributed by atoms with Gasteiger partial charge in [-0.25, -0.2) is 9.78 Å². The van der Waals surface area contributed by atoms with Crippen LogP contribution in [-0.2, 0) is 5.75 Å². The summed E-state index contributed by atoms with van der Waals surface area (Å²) in [6.07, 6.45) is 1.57. The van der Waals surface area contributed by atoms with E-state index in [9.17, 15) is 4.79 Å². The highest BCUT2D eigenvalue weighted by Crippen LogP contribution is 2.26. The molecule has 0 aliphatic carbocycles. The van der Waals surface area contributed by atoms with E-state index in [0.29, 0.717) is 16.5 Å². The third-order valence-electron chi connectivity index (χ3n) is 2.98. The normalized spacial score (nSPS) is 10.5. The summed E-state index contributed by atoms with van der Waals surface area (Å²) in [4.78, 5) is 15.2. The van der Waals surface area contributed by atoms with Gasteiger partial charge in [-0.05, 0) is 12.1 Å². The molecule has 3 aromatic rings. The zero-order chi connectivity index (χ0) is 15.4. The van der Waals surface area contributed by atoms with Crippen LogP contribution in [-0.4, -0.2) is 21.2 Å². The maximum absolute atomic E-state index is 11.1. The first-order valence-electron chi connectivity index (χ1n) is 6.56. The first-order chi connectivity index (χ1) is 10.7. The number of carboxylic acid groups (broad SMARTS) is 1. The van der Waals surface area contributed by atoms with Crippen LogP contribution >= 0.6 is 11.8 Å². The van der Waals surface area contributed by atoms with Crippen molar-refractivity contribution >= 4 is 17.7 Å². The summed E-state index contributed by atoms with van der Waals surface area (Å²) in [6.45, 7) is 0. The average Bonchev–Trinajstić information content (AvgIpc) is 3.03. The predicted molar refractivity (Wildman–Crippen MR) is 82.7 cm³/mol. The number of benzene rings is 1. The van der Waals surface area contributed by atoms with Crippen molar-refractivity contribution in [3.8, 4) is 11.3 Å². The number of thioether (sulfide) groups is 1. The Labute approximate surface area is 131 Å². The van der Waals surface area contributed by atoms with Gasteiger partial charge < -0.3 is 9.63 Å². The third kappa shape index (κ3) is 3.17. The van der Waals surface area contributed by atoms with E-state index >= 15 is 0 Å². The van der Waals surface area contributed by atoms with Gasteiger partial charge in [-0.2, -0.15) is 0 Å². The van der Waals surface area contributed by atoms with Crippen molar-refractivity contribution in [2.24, 2.45) is 0 Å². The molecule has 0 unspecified atom stereocenters. The van der Waals surface area contributed by atoms with E-state index in [4.69, 9.17) is 9.63 Å². The van der Waals surface area contributed by atoms with E-state index in [1.807, 2.05) is 36.4 Å². The van der Waals surface area contributed by atoms with Crippen LogP contribution in [0.4, 0.5) is 0 Å². The molecule has 22 heavy (non-hydrogen) atoms. The molecule has 0 atom stereocenters. The molecule has 2 aromatic heterocycles. The molecule has 1 N–H and O–H groups in total. The summed E-state index contributed by atoms with van der Waals surface area (Å²) < 4.78 is 5.30. The molecule has 0 aliphatic heterocycles. The SMILES string of the molecule is O=C(O)c1cccnc1SCc1cc(-c2ccccc2)no1. The van der Waals surface area contributed by atoms with Gasteiger partial charge in [-0.1, -0.05) is 47.3 Å². The zero-order valence-corrected chi connectivity index (χ0v) is 12.3. The van der Waals surface area contributed by atoms with Crippen LogP contribution in [0.3, 0.4) is 0 Å². The summed E-state index contributed by atoms with van der Waals surface area (Å²) >= 11 is 1.31. The summed E-state index contributed by atoms with van der Waals surface area (Å²) in [6, 6.07) is 14.7. The van der Waals surface area contributed by atoms with Crippen molar-refractivity contribution < 1.29 is 14.4 Å². The van der Waals surface area contributed by atoms with Gasteiger partial charge in [0.15, 0.2) is 0 Å². The van der Waals surface area contributed by atoms with Crippen molar-refractivity contribution in [1.29, 1.82) is 0 Å². The van der Waals surface area contributed by atoms with Crippen LogP contribution in [0.15, 0.2) is 64.3 Å². The summed E-state index contributed by atoms with van der Waals surface area (Å²) in [5.41, 5.74) is 1.93. The molecule has 1 aromatic carbocycles. The molecule has 0 aliphatic rings. The number of carbonyl (C=O) groups is 1. The van der Waals surface area contributed by atoms with E-state index in [1.54, 1.807) is 12.3 Å². The molecule has 0 amide bonds. The third-order valence-corrected chi connectivity index (χ3v) is 4.01. The van der Waals surface area contributed by atoms with Crippen LogP contribution < -0.4 is 0 Å². The zero-order valence-electron chi connectivity index (χ0n) is 11.5. The predicted octanol–water partition coefficient (Wildman–Crippen LogP) is 3.73. The second-order valence-corrected chi connectivity index (χ2v) is 5.46. The topological polar surface area (TPSA) is 76.2 Å². The Balaban J connectivity index is 1.73. The second kappa shape index (κ2) is 6.44. The van der Waals surface area contributed by atoms with Crippen molar-refractivity contribution in [1.82, 2.24) is 10.1 Å². The smallest absolute Gasteiger partial charge is 0.338 e. The lowest BCUT2D eigenvalue weighted by atomic mass is 10.1. The van der Waals surface area contributed by atoms with Gasteiger partial charge >= 0.3 is 5.97 Å². The maximum atomic E-state index is 11.1. The number of rotatable bonds is 5. The van der Waals surface area contributed by atoms with Crippen molar-refractivity contribution in [3.63, 3.8) is 0 Å². The van der Waals surface area contributed by atoms with Crippen LogP contribution in [0, 0.1) is 0 Å². The van der Waals surface area contributed by atoms with Gasteiger partial charge in [0.2, 0.25) is 0 Å². The fourth-order valence-electron chi connectivity index (χ4n) is 1.93. The van der Waals surface area contributed by atoms with E-state index in [-0.39, 0.29) is 5.56 Å². The maximum Gasteiger partial charge on any atom is 0.338 e. The Kier molecular flexibility index (Phi) is 4.20. The minimum Gasteiger partial charge on any atom is -0.478 e. The van der Waals surface area contributed by atoms with Gasteiger partial charge in [0.05, 0.1) is 11.3 Å². The fourth-order valence-corrected chi connectivity index (χ4v) is 2.80. The summed E-state index contributed by atoms with van der Waals surface area (Å²) in [5, 5.41) is 13.6. The molecular formula is C16H12N2O3S. The van der Waals surface area contributed by atoms with Gasteiger partial charge in [0, 0.05) is 17.8 Å². The number of pyridine rings is 1. The molecule has 2 heterocycles. The van der Waals surface area contributed by atoms with Gasteiger partial charge in [0.1, 0.15) is 16.5 Å². The number of hydrogen-bond acceptors (Lipinski definition) is 5. The highest BCUT2D eigenvalue weighted by molar-refractivity contribution is 7.98. The quantitative estimate of drug-likeness (QED) is 0.723. The van der Waals surface area contributed by atoms with Crippen molar-refractivity contribution in [2.75, 3.05) is 0 Å². The van der Waals surface area contributed by atoms with E-state index in [1.165, 1.54) is 17.8 Å². The lowest BCUT2D eigenvalue weighted by Gasteiger charge is -2.02. The molecule has 0 spiro atoms. The molecular weight excluding hydrogens is 300 g/mol. The monoisotopic (exact) mass is 312 g/mol. The standard InChI is InChI=1S/C16H12N2O3S/c19-16(20)13-7-4-8-17-15(13)22-10-12-9-14(18-21-12)11-5-2-1-3-6-11/h1-9H,10H2,(H,19,20). The van der Waals surface area contributed by atoms with Crippen LogP contribution in [0.5, 0.6) is 0 Å². The molecule has 6 heteroatoms. The first kappa shape index (κ1) is 14.3. The van der Waals surface area contributed by atoms with Gasteiger partial charge in [0.25, 0.3) is 0 Å². The Morgan fingerprint density at radius 1 is 1.18 bits per heavy atom. The number of carboxylic acids is 1. The largest absolute Gasteiger partial charge is 0.478 e. The van der Waals surface area contributed by atoms with E-state index in [0.717, 1.165) is 11.3 Å². The first-order valence-corrected chi connectivity index (χ1v) is 7.55. The van der Waals surface area contributed by atoms with Crippen LogP contribution in [0.1, 0.15) is 16.1 Å². The van der Waals surface area contributed by atoms with Crippen molar-refractivity contribution in [3.05, 3.63) is 66.1 Å². The summed E-state index contributed by atoms with van der Waals surface area (Å²) in [5.74, 6) is 0.154.